The molecule has 0 amide bonds. The number of piperazine rings is 1. The molecule has 1 aliphatic rings. The Balaban J connectivity index is 0.00000364. The van der Waals surface area contributed by atoms with Crippen LogP contribution in [0.15, 0.2) is 17.3 Å². The number of guanidine groups is 1. The molecular formula is C19H36ClIN6. The molecule has 1 aromatic rings. The minimum absolute atomic E-state index is 0. The van der Waals surface area contributed by atoms with Gasteiger partial charge in [-0.15, -0.1) is 24.0 Å². The maximum atomic E-state index is 6.10. The molecule has 0 radical (unpaired) electrons. The number of likely N-dealkylation sites (N-methyl/N-ethyl adjacent to an activating group) is 1. The third-order valence-corrected chi connectivity index (χ3v) is 5.10. The van der Waals surface area contributed by atoms with Gasteiger partial charge in [-0.05, 0) is 26.0 Å². The molecule has 1 atom stereocenters. The molecule has 1 unspecified atom stereocenters. The lowest BCUT2D eigenvalue weighted by atomic mass is 10.1. The Hall–Kier alpha value is -0.510. The van der Waals surface area contributed by atoms with Gasteiger partial charge in [0.15, 0.2) is 5.96 Å². The third-order valence-electron chi connectivity index (χ3n) is 4.89. The van der Waals surface area contributed by atoms with Crippen molar-refractivity contribution in [3.8, 4) is 0 Å². The van der Waals surface area contributed by atoms with Crippen LogP contribution in [0.2, 0.25) is 5.02 Å². The van der Waals surface area contributed by atoms with E-state index in [4.69, 9.17) is 16.6 Å². The van der Waals surface area contributed by atoms with Crippen molar-refractivity contribution in [2.75, 3.05) is 59.9 Å². The fraction of sp³-hybridized carbons (Fsp3) is 0.737. The molecule has 1 aromatic heterocycles. The second kappa shape index (κ2) is 12.1. The molecule has 1 N–H and O–H groups in total. The van der Waals surface area contributed by atoms with Gasteiger partial charge in [0.05, 0.1) is 11.6 Å². The van der Waals surface area contributed by atoms with Crippen molar-refractivity contribution >= 4 is 41.5 Å². The van der Waals surface area contributed by atoms with E-state index >= 15 is 0 Å². The molecule has 156 valence electrons. The monoisotopic (exact) mass is 510 g/mol. The van der Waals surface area contributed by atoms with Crippen LogP contribution in [0.25, 0.3) is 0 Å². The van der Waals surface area contributed by atoms with E-state index in [0.29, 0.717) is 5.92 Å². The Morgan fingerprint density at radius 1 is 1.30 bits per heavy atom. The average Bonchev–Trinajstić information content (AvgIpc) is 2.90. The molecule has 27 heavy (non-hydrogen) atoms. The van der Waals surface area contributed by atoms with Gasteiger partial charge in [0, 0.05) is 71.8 Å². The first-order valence-corrected chi connectivity index (χ1v) is 9.98. The zero-order chi connectivity index (χ0) is 19.1. The Labute approximate surface area is 186 Å². The lowest BCUT2D eigenvalue weighted by molar-refractivity contribution is 0.140. The minimum atomic E-state index is 0. The molecule has 2 rings (SSSR count). The molecule has 2 heterocycles. The average molecular weight is 511 g/mol. The summed E-state index contributed by atoms with van der Waals surface area (Å²) in [5.41, 5.74) is 1.17. The van der Waals surface area contributed by atoms with Crippen LogP contribution in [0, 0.1) is 5.92 Å². The van der Waals surface area contributed by atoms with E-state index in [1.807, 2.05) is 19.3 Å². The number of nitrogens with zero attached hydrogens (tertiary/aromatic N) is 5. The summed E-state index contributed by atoms with van der Waals surface area (Å²) in [6.07, 6.45) is 1.94. The third kappa shape index (κ3) is 8.17. The summed E-state index contributed by atoms with van der Waals surface area (Å²) in [5.74, 6) is 1.50. The van der Waals surface area contributed by atoms with Gasteiger partial charge < -0.3 is 24.6 Å². The van der Waals surface area contributed by atoms with Gasteiger partial charge in [-0.1, -0.05) is 18.5 Å². The SMILES string of the molecule is CCNC(=NCC(C)CN1CCN(C)CC1)N(C)Cc1cc(Cl)cn1C.I. The number of hydrogen-bond acceptors (Lipinski definition) is 3. The van der Waals surface area contributed by atoms with Crippen molar-refractivity contribution in [3.05, 3.63) is 23.0 Å². The Bertz CT molecular complexity index is 583. The lowest BCUT2D eigenvalue weighted by Gasteiger charge is -2.33. The van der Waals surface area contributed by atoms with Gasteiger partial charge >= 0.3 is 0 Å². The molecule has 0 aliphatic carbocycles. The van der Waals surface area contributed by atoms with Gasteiger partial charge in [0.25, 0.3) is 0 Å². The molecule has 6 nitrogen and oxygen atoms in total. The van der Waals surface area contributed by atoms with Crippen LogP contribution in [-0.2, 0) is 13.6 Å². The van der Waals surface area contributed by atoms with Crippen LogP contribution in [0.1, 0.15) is 19.5 Å². The Morgan fingerprint density at radius 2 is 1.96 bits per heavy atom. The number of aryl methyl sites for hydroxylation is 1. The number of halogens is 2. The van der Waals surface area contributed by atoms with E-state index in [9.17, 15) is 0 Å². The van der Waals surface area contributed by atoms with Crippen LogP contribution in [0.3, 0.4) is 0 Å². The van der Waals surface area contributed by atoms with E-state index in [2.05, 4.69) is 52.5 Å². The van der Waals surface area contributed by atoms with E-state index in [0.717, 1.165) is 37.2 Å². The minimum Gasteiger partial charge on any atom is -0.357 e. The molecule has 0 saturated carbocycles. The van der Waals surface area contributed by atoms with Crippen molar-refractivity contribution in [3.63, 3.8) is 0 Å². The van der Waals surface area contributed by atoms with Crippen LogP contribution < -0.4 is 5.32 Å². The van der Waals surface area contributed by atoms with Crippen LogP contribution >= 0.6 is 35.6 Å². The fourth-order valence-electron chi connectivity index (χ4n) is 3.28. The summed E-state index contributed by atoms with van der Waals surface area (Å²) >= 11 is 6.10. The molecule has 8 heteroatoms. The molecule has 1 saturated heterocycles. The normalized spacial score (nSPS) is 17.5. The van der Waals surface area contributed by atoms with E-state index in [1.165, 1.54) is 31.9 Å². The van der Waals surface area contributed by atoms with E-state index < -0.39 is 0 Å². The summed E-state index contributed by atoms with van der Waals surface area (Å²) in [7, 11) is 6.30. The Morgan fingerprint density at radius 3 is 2.52 bits per heavy atom. The molecule has 0 spiro atoms. The highest BCUT2D eigenvalue weighted by molar-refractivity contribution is 14.0. The standard InChI is InChI=1S/C19H35ClN6.HI/c1-6-21-19(25(5)15-18-11-17(20)14-24(18)4)22-12-16(2)13-26-9-7-23(3)8-10-26;/h11,14,16H,6-10,12-13,15H2,1-5H3,(H,21,22);1H. The largest absolute Gasteiger partial charge is 0.357 e. The molecule has 0 aromatic carbocycles. The van der Waals surface area contributed by atoms with Crippen LogP contribution in [-0.4, -0.2) is 85.1 Å². The number of aliphatic imine (C=N–C) groups is 1. The van der Waals surface area contributed by atoms with Crippen molar-refractivity contribution in [2.24, 2.45) is 18.0 Å². The van der Waals surface area contributed by atoms with Crippen molar-refractivity contribution < 1.29 is 0 Å². The van der Waals surface area contributed by atoms with E-state index in [-0.39, 0.29) is 24.0 Å². The zero-order valence-electron chi connectivity index (χ0n) is 17.4. The van der Waals surface area contributed by atoms with Gasteiger partial charge in [0.2, 0.25) is 0 Å². The number of rotatable bonds is 7. The van der Waals surface area contributed by atoms with Gasteiger partial charge in [-0.3, -0.25) is 4.99 Å². The highest BCUT2D eigenvalue weighted by Gasteiger charge is 2.16. The smallest absolute Gasteiger partial charge is 0.194 e. The maximum Gasteiger partial charge on any atom is 0.194 e. The first-order valence-electron chi connectivity index (χ1n) is 9.60. The summed E-state index contributed by atoms with van der Waals surface area (Å²) in [6, 6.07) is 2.01. The van der Waals surface area contributed by atoms with Crippen LogP contribution in [0.5, 0.6) is 0 Å². The van der Waals surface area contributed by atoms with Gasteiger partial charge in [-0.2, -0.15) is 0 Å². The quantitative estimate of drug-likeness (QED) is 0.348. The fourth-order valence-corrected chi connectivity index (χ4v) is 3.55. The molecule has 1 aliphatic heterocycles. The molecule has 1 fully saturated rings. The predicted octanol–water partition coefficient (Wildman–Crippen LogP) is 2.58. The molecular weight excluding hydrogens is 475 g/mol. The summed E-state index contributed by atoms with van der Waals surface area (Å²) < 4.78 is 2.07. The predicted molar refractivity (Wildman–Crippen MR) is 126 cm³/mol. The van der Waals surface area contributed by atoms with Crippen LogP contribution in [0.4, 0.5) is 0 Å². The van der Waals surface area contributed by atoms with Crippen molar-refractivity contribution in [1.82, 2.24) is 24.6 Å². The number of hydrogen-bond donors (Lipinski definition) is 1. The van der Waals surface area contributed by atoms with Crippen molar-refractivity contribution in [1.29, 1.82) is 0 Å². The maximum absolute atomic E-state index is 6.10. The Kier molecular flexibility index (Phi) is 11.0. The lowest BCUT2D eigenvalue weighted by Crippen LogP contribution is -2.46. The summed E-state index contributed by atoms with van der Waals surface area (Å²) in [5, 5.41) is 4.18. The first kappa shape index (κ1) is 24.5. The number of nitrogens with one attached hydrogen (secondary N) is 1. The van der Waals surface area contributed by atoms with Gasteiger partial charge in [0.1, 0.15) is 0 Å². The highest BCUT2D eigenvalue weighted by atomic mass is 127. The highest BCUT2D eigenvalue weighted by Crippen LogP contribution is 2.14. The van der Waals surface area contributed by atoms with E-state index in [1.54, 1.807) is 0 Å². The summed E-state index contributed by atoms with van der Waals surface area (Å²) in [4.78, 5) is 12.0. The zero-order valence-corrected chi connectivity index (χ0v) is 20.5. The first-order chi connectivity index (χ1) is 12.4. The topological polar surface area (TPSA) is 39.0 Å². The van der Waals surface area contributed by atoms with Crippen molar-refractivity contribution in [2.45, 2.75) is 20.4 Å². The summed E-state index contributed by atoms with van der Waals surface area (Å²) in [6.45, 7) is 12.7. The number of aromatic nitrogens is 1. The second-order valence-electron chi connectivity index (χ2n) is 7.52. The molecule has 0 bridgehead atoms. The van der Waals surface area contributed by atoms with Gasteiger partial charge in [-0.25, -0.2) is 0 Å². The second-order valence-corrected chi connectivity index (χ2v) is 7.96.